The summed E-state index contributed by atoms with van der Waals surface area (Å²) in [6.07, 6.45) is 4.66. The summed E-state index contributed by atoms with van der Waals surface area (Å²) in [5.41, 5.74) is 6.12. The molecule has 4 rings (SSSR count). The minimum atomic E-state index is -0.800. The number of hydrogen-bond donors (Lipinski definition) is 1. The first kappa shape index (κ1) is 20.9. The molecule has 1 aromatic carbocycles. The number of aromatic nitrogens is 3. The zero-order valence-corrected chi connectivity index (χ0v) is 17.3. The molecule has 9 heteroatoms. The number of amides is 1. The maximum Gasteiger partial charge on any atom is 0.251 e. The van der Waals surface area contributed by atoms with Crippen molar-refractivity contribution in [1.82, 2.24) is 20.0 Å². The Balaban J connectivity index is 1.27. The van der Waals surface area contributed by atoms with Crippen molar-refractivity contribution >= 4 is 5.91 Å². The molecule has 162 valence electrons. The second-order valence-electron chi connectivity index (χ2n) is 7.58. The number of pyridine rings is 1. The van der Waals surface area contributed by atoms with Crippen molar-refractivity contribution < 1.29 is 18.4 Å². The molecule has 3 aromatic rings. The van der Waals surface area contributed by atoms with Gasteiger partial charge in [-0.05, 0) is 30.7 Å². The lowest BCUT2D eigenvalue weighted by molar-refractivity contribution is 0.00844. The van der Waals surface area contributed by atoms with Crippen molar-refractivity contribution in [3.63, 3.8) is 0 Å². The summed E-state index contributed by atoms with van der Waals surface area (Å²) in [5.74, 6) is 0.569. The van der Waals surface area contributed by atoms with Crippen molar-refractivity contribution in [3.8, 4) is 17.0 Å². The van der Waals surface area contributed by atoms with Gasteiger partial charge in [-0.15, -0.1) is 0 Å². The first-order valence-corrected chi connectivity index (χ1v) is 10.3. The molecule has 0 radical (unpaired) electrons. The van der Waals surface area contributed by atoms with Crippen molar-refractivity contribution in [2.24, 2.45) is 5.73 Å². The molecule has 1 fully saturated rings. The third kappa shape index (κ3) is 5.05. The van der Waals surface area contributed by atoms with Crippen molar-refractivity contribution in [2.45, 2.75) is 38.8 Å². The van der Waals surface area contributed by atoms with Gasteiger partial charge in [0.15, 0.2) is 5.82 Å². The summed E-state index contributed by atoms with van der Waals surface area (Å²) in [6.45, 7) is 4.26. The molecule has 0 atom stereocenters. The fourth-order valence-corrected chi connectivity index (χ4v) is 3.40. The van der Waals surface area contributed by atoms with Crippen LogP contribution in [0.4, 0.5) is 4.39 Å². The summed E-state index contributed by atoms with van der Waals surface area (Å²) in [7, 11) is 0. The lowest BCUT2D eigenvalue weighted by Gasteiger charge is -2.37. The van der Waals surface area contributed by atoms with E-state index in [2.05, 4.69) is 26.9 Å². The molecule has 8 nitrogen and oxygen atoms in total. The molecule has 0 aliphatic carbocycles. The van der Waals surface area contributed by atoms with Gasteiger partial charge in [0.25, 0.3) is 5.91 Å². The van der Waals surface area contributed by atoms with E-state index >= 15 is 0 Å². The Labute approximate surface area is 179 Å². The highest BCUT2D eigenvalue weighted by molar-refractivity contribution is 5.93. The molecule has 2 N–H and O–H groups in total. The van der Waals surface area contributed by atoms with Crippen LogP contribution in [-0.4, -0.2) is 45.1 Å². The third-order valence-electron chi connectivity index (χ3n) is 5.12. The summed E-state index contributed by atoms with van der Waals surface area (Å²) >= 11 is 0. The molecule has 2 aromatic heterocycles. The zero-order chi connectivity index (χ0) is 21.8. The first-order chi connectivity index (χ1) is 15.0. The number of carbonyl (C=O) groups is 1. The molecule has 1 saturated heterocycles. The van der Waals surface area contributed by atoms with Crippen LogP contribution < -0.4 is 10.5 Å². The van der Waals surface area contributed by atoms with Gasteiger partial charge in [-0.1, -0.05) is 24.6 Å². The predicted octanol–water partition coefficient (Wildman–Crippen LogP) is 2.98. The van der Waals surface area contributed by atoms with Gasteiger partial charge in [0.05, 0.1) is 24.0 Å². The molecule has 1 amide bonds. The van der Waals surface area contributed by atoms with Crippen LogP contribution >= 0.6 is 0 Å². The number of rotatable bonds is 9. The largest absolute Gasteiger partial charge is 0.486 e. The van der Waals surface area contributed by atoms with Gasteiger partial charge >= 0.3 is 0 Å². The summed E-state index contributed by atoms with van der Waals surface area (Å²) in [5, 5.41) is 4.01. The lowest BCUT2D eigenvalue weighted by atomic mass is 10.1. The van der Waals surface area contributed by atoms with Gasteiger partial charge in [-0.3, -0.25) is 14.7 Å². The average Bonchev–Trinajstić information content (AvgIpc) is 3.18. The highest BCUT2D eigenvalue weighted by Crippen LogP contribution is 2.24. The van der Waals surface area contributed by atoms with E-state index in [4.69, 9.17) is 15.0 Å². The number of likely N-dealkylation sites (tertiary alicyclic amines) is 1. The number of nitrogens with two attached hydrogens (primary N) is 1. The molecular weight excluding hydrogens is 401 g/mol. The molecular formula is C22H24FN5O3. The number of ether oxygens (including phenoxy) is 1. The standard InChI is InChI=1S/C22H24FN5O3/c1-2-3-4-20-26-21(31-27-20)13-28-11-16(12-28)30-15-6-8-19(25-10-15)14-5-7-17(22(24)29)18(23)9-14/h5-10,16H,2-4,11-13H2,1H3,(H2,24,29). The van der Waals surface area contributed by atoms with Crippen LogP contribution in [0.2, 0.25) is 0 Å². The highest BCUT2D eigenvalue weighted by Gasteiger charge is 2.30. The van der Waals surface area contributed by atoms with Gasteiger partial charge in [-0.2, -0.15) is 4.98 Å². The Morgan fingerprint density at radius 1 is 1.32 bits per heavy atom. The Hall–Kier alpha value is -3.33. The van der Waals surface area contributed by atoms with Crippen LogP contribution in [0.5, 0.6) is 5.75 Å². The van der Waals surface area contributed by atoms with E-state index in [1.807, 2.05) is 0 Å². The second kappa shape index (κ2) is 9.22. The van der Waals surface area contributed by atoms with E-state index in [1.165, 1.54) is 12.1 Å². The monoisotopic (exact) mass is 425 g/mol. The minimum Gasteiger partial charge on any atom is -0.486 e. The van der Waals surface area contributed by atoms with Gasteiger partial charge in [-0.25, -0.2) is 4.39 Å². The molecule has 3 heterocycles. The SMILES string of the molecule is CCCCc1noc(CN2CC(Oc3ccc(-c4ccc(C(N)=O)c(F)c4)nc3)C2)n1. The normalized spacial score (nSPS) is 14.4. The number of aryl methyl sites for hydroxylation is 1. The zero-order valence-electron chi connectivity index (χ0n) is 17.3. The smallest absolute Gasteiger partial charge is 0.251 e. The van der Waals surface area contributed by atoms with Gasteiger partial charge in [0.2, 0.25) is 5.89 Å². The second-order valence-corrected chi connectivity index (χ2v) is 7.58. The quantitative estimate of drug-likeness (QED) is 0.561. The molecule has 1 aliphatic heterocycles. The first-order valence-electron chi connectivity index (χ1n) is 10.3. The van der Waals surface area contributed by atoms with Crippen LogP contribution in [0.1, 0.15) is 41.8 Å². The maximum absolute atomic E-state index is 14.0. The van der Waals surface area contributed by atoms with Crippen molar-refractivity contribution in [3.05, 3.63) is 59.6 Å². The van der Waals surface area contributed by atoms with E-state index in [0.717, 1.165) is 38.2 Å². The molecule has 0 saturated carbocycles. The number of hydrogen-bond acceptors (Lipinski definition) is 7. The van der Waals surface area contributed by atoms with Crippen molar-refractivity contribution in [2.75, 3.05) is 13.1 Å². The van der Waals surface area contributed by atoms with Crippen LogP contribution in [-0.2, 0) is 13.0 Å². The number of primary amides is 1. The minimum absolute atomic E-state index is 0.0578. The molecule has 0 spiro atoms. The molecule has 1 aliphatic rings. The average molecular weight is 425 g/mol. The Morgan fingerprint density at radius 2 is 2.16 bits per heavy atom. The number of nitrogens with zero attached hydrogens (tertiary/aromatic N) is 4. The van der Waals surface area contributed by atoms with E-state index in [9.17, 15) is 9.18 Å². The maximum atomic E-state index is 14.0. The van der Waals surface area contributed by atoms with Crippen LogP contribution in [0, 0.1) is 5.82 Å². The number of halogens is 1. The van der Waals surface area contributed by atoms with E-state index in [-0.39, 0.29) is 11.7 Å². The lowest BCUT2D eigenvalue weighted by Crippen LogP contribution is -2.53. The number of benzene rings is 1. The van der Waals surface area contributed by atoms with Gasteiger partial charge < -0.3 is 15.0 Å². The van der Waals surface area contributed by atoms with Crippen molar-refractivity contribution in [1.29, 1.82) is 0 Å². The highest BCUT2D eigenvalue weighted by atomic mass is 19.1. The van der Waals surface area contributed by atoms with E-state index in [1.54, 1.807) is 24.4 Å². The van der Waals surface area contributed by atoms with E-state index in [0.29, 0.717) is 29.4 Å². The van der Waals surface area contributed by atoms with Crippen LogP contribution in [0.25, 0.3) is 11.3 Å². The third-order valence-corrected chi connectivity index (χ3v) is 5.12. The molecule has 31 heavy (non-hydrogen) atoms. The predicted molar refractivity (Wildman–Crippen MR) is 111 cm³/mol. The summed E-state index contributed by atoms with van der Waals surface area (Å²) < 4.78 is 25.2. The fourth-order valence-electron chi connectivity index (χ4n) is 3.40. The van der Waals surface area contributed by atoms with E-state index < -0.39 is 11.7 Å². The fraction of sp³-hybridized carbons (Fsp3) is 0.364. The van der Waals surface area contributed by atoms with Crippen LogP contribution in [0.3, 0.4) is 0 Å². The number of unbranched alkanes of at least 4 members (excludes halogenated alkanes) is 1. The Morgan fingerprint density at radius 3 is 2.84 bits per heavy atom. The van der Waals surface area contributed by atoms with Crippen LogP contribution in [0.15, 0.2) is 41.1 Å². The molecule has 0 unspecified atom stereocenters. The number of carbonyl (C=O) groups excluding carboxylic acids is 1. The Kier molecular flexibility index (Phi) is 6.22. The topological polar surface area (TPSA) is 107 Å². The summed E-state index contributed by atoms with van der Waals surface area (Å²) in [4.78, 5) is 22.1. The van der Waals surface area contributed by atoms with Gasteiger partial charge in [0.1, 0.15) is 17.7 Å². The molecule has 0 bridgehead atoms. The Bertz CT molecular complexity index is 1050. The summed E-state index contributed by atoms with van der Waals surface area (Å²) in [6, 6.07) is 7.76. The van der Waals surface area contributed by atoms with Gasteiger partial charge in [0, 0.05) is 25.1 Å².